The fourth-order valence-corrected chi connectivity index (χ4v) is 6.76. The lowest BCUT2D eigenvalue weighted by Gasteiger charge is -2.45. The number of carbonyl (C=O) groups is 2. The van der Waals surface area contributed by atoms with Gasteiger partial charge in [-0.2, -0.15) is 10.2 Å². The van der Waals surface area contributed by atoms with Crippen molar-refractivity contribution in [3.63, 3.8) is 0 Å². The van der Waals surface area contributed by atoms with Gasteiger partial charge in [0.2, 0.25) is 0 Å². The molecule has 12 heteroatoms. The van der Waals surface area contributed by atoms with E-state index in [0.29, 0.717) is 34.0 Å². The quantitative estimate of drug-likeness (QED) is 0.157. The highest BCUT2D eigenvalue weighted by Gasteiger charge is 2.31. The van der Waals surface area contributed by atoms with Gasteiger partial charge >= 0.3 is 0 Å². The summed E-state index contributed by atoms with van der Waals surface area (Å²) >= 11 is 0. The number of aromatic nitrogens is 2. The van der Waals surface area contributed by atoms with Crippen LogP contribution in [0.1, 0.15) is 43.2 Å². The fraction of sp³-hybridized carbons (Fsp3) is 0.128. The van der Waals surface area contributed by atoms with Gasteiger partial charge in [0.25, 0.3) is 11.8 Å². The molecule has 4 aromatic carbocycles. The number of nitrogens with one attached hydrogen (secondary N) is 2. The Bertz CT molecular complexity index is 2240. The number of benzene rings is 4. The lowest BCUT2D eigenvalue weighted by atomic mass is 9.93. The first-order chi connectivity index (χ1) is 25.0. The van der Waals surface area contributed by atoms with E-state index < -0.39 is 0 Å². The average Bonchev–Trinajstić information content (AvgIpc) is 3.17. The van der Waals surface area contributed by atoms with Gasteiger partial charge in [0.15, 0.2) is 0 Å². The van der Waals surface area contributed by atoms with E-state index in [1.807, 2.05) is 36.4 Å². The Morgan fingerprint density at radius 2 is 1.14 bits per heavy atom. The number of rotatable bonds is 8. The molecule has 0 unspecified atom stereocenters. The monoisotopic (exact) mass is 676 g/mol. The molecule has 8 rings (SSSR count). The second-order valence-electron chi connectivity index (χ2n) is 12.1. The number of anilines is 2. The van der Waals surface area contributed by atoms with E-state index in [9.17, 15) is 9.59 Å². The molecule has 2 aliphatic heterocycles. The molecule has 51 heavy (non-hydrogen) atoms. The Labute approximate surface area is 293 Å². The summed E-state index contributed by atoms with van der Waals surface area (Å²) in [6.07, 6.45) is 6.20. The molecule has 0 saturated heterocycles. The topological polar surface area (TPSA) is 134 Å². The van der Waals surface area contributed by atoms with Crippen LogP contribution in [0.15, 0.2) is 108 Å². The van der Waals surface area contributed by atoms with Crippen molar-refractivity contribution in [3.05, 3.63) is 131 Å². The predicted molar refractivity (Wildman–Crippen MR) is 197 cm³/mol. The molecule has 12 nitrogen and oxygen atoms in total. The molecular formula is C39H32N8O4. The van der Waals surface area contributed by atoms with Crippen LogP contribution in [0.25, 0.3) is 21.5 Å². The van der Waals surface area contributed by atoms with E-state index in [-0.39, 0.29) is 11.8 Å². The summed E-state index contributed by atoms with van der Waals surface area (Å²) in [5.74, 6) is 0.505. The van der Waals surface area contributed by atoms with Gasteiger partial charge in [-0.25, -0.2) is 10.9 Å². The van der Waals surface area contributed by atoms with E-state index in [1.165, 1.54) is 34.9 Å². The van der Waals surface area contributed by atoms with Crippen molar-refractivity contribution in [2.24, 2.45) is 10.2 Å². The Kier molecular flexibility index (Phi) is 8.16. The van der Waals surface area contributed by atoms with Crippen molar-refractivity contribution < 1.29 is 19.1 Å². The number of ether oxygens (including phenoxy) is 2. The van der Waals surface area contributed by atoms with E-state index in [0.717, 1.165) is 41.3 Å². The fourth-order valence-electron chi connectivity index (χ4n) is 6.76. The molecule has 0 radical (unpaired) electrons. The molecule has 2 bridgehead atoms. The molecule has 0 atom stereocenters. The van der Waals surface area contributed by atoms with Crippen LogP contribution in [0.2, 0.25) is 0 Å². The molecule has 0 fully saturated rings. The van der Waals surface area contributed by atoms with Crippen molar-refractivity contribution in [3.8, 4) is 11.5 Å². The maximum absolute atomic E-state index is 13.0. The molecule has 2 aromatic heterocycles. The third-order valence-electron chi connectivity index (χ3n) is 9.20. The van der Waals surface area contributed by atoms with Crippen LogP contribution in [-0.2, 0) is 13.1 Å². The zero-order chi connectivity index (χ0) is 34.9. The van der Waals surface area contributed by atoms with Gasteiger partial charge in [0.1, 0.15) is 22.9 Å². The van der Waals surface area contributed by atoms with Crippen LogP contribution in [0.3, 0.4) is 0 Å². The Morgan fingerprint density at radius 3 is 1.59 bits per heavy atom. The maximum Gasteiger partial charge on any atom is 0.271 e. The summed E-state index contributed by atoms with van der Waals surface area (Å²) in [7, 11) is 3.12. The van der Waals surface area contributed by atoms with Crippen LogP contribution < -0.4 is 30.1 Å². The number of amides is 2. The number of hydrogen-bond acceptors (Lipinski definition) is 10. The summed E-state index contributed by atoms with van der Waals surface area (Å²) in [5, 5.41) is 12.3. The minimum Gasteiger partial charge on any atom is -0.494 e. The molecule has 0 aliphatic carbocycles. The van der Waals surface area contributed by atoms with E-state index in [4.69, 9.17) is 9.47 Å². The predicted octanol–water partition coefficient (Wildman–Crippen LogP) is 5.63. The van der Waals surface area contributed by atoms with Crippen molar-refractivity contribution in [1.82, 2.24) is 20.8 Å². The van der Waals surface area contributed by atoms with Crippen LogP contribution in [0.4, 0.5) is 11.4 Å². The summed E-state index contributed by atoms with van der Waals surface area (Å²) in [6.45, 7) is 2.22. The normalized spacial score (nSPS) is 13.4. The highest BCUT2D eigenvalue weighted by atomic mass is 16.5. The first-order valence-corrected chi connectivity index (χ1v) is 16.3. The number of fused-ring (bicyclic) bond motifs is 10. The highest BCUT2D eigenvalue weighted by Crippen LogP contribution is 2.43. The Hall–Kier alpha value is -6.82. The zero-order valence-electron chi connectivity index (χ0n) is 27.8. The smallest absolute Gasteiger partial charge is 0.271 e. The van der Waals surface area contributed by atoms with Crippen LogP contribution in [-0.4, -0.2) is 55.1 Å². The van der Waals surface area contributed by atoms with Gasteiger partial charge in [0, 0.05) is 59.1 Å². The molecule has 2 amide bonds. The minimum absolute atomic E-state index is 0.315. The van der Waals surface area contributed by atoms with Gasteiger partial charge < -0.3 is 19.3 Å². The van der Waals surface area contributed by atoms with Crippen molar-refractivity contribution in [2.45, 2.75) is 13.1 Å². The molecule has 2 N–H and O–H groups in total. The number of methoxy groups -OCH3 is 2. The maximum atomic E-state index is 13.0. The van der Waals surface area contributed by atoms with Crippen molar-refractivity contribution in [2.75, 3.05) is 30.7 Å². The van der Waals surface area contributed by atoms with Crippen LogP contribution >= 0.6 is 0 Å². The van der Waals surface area contributed by atoms with Crippen LogP contribution in [0, 0.1) is 0 Å². The summed E-state index contributed by atoms with van der Waals surface area (Å²) in [6, 6.07) is 27.0. The van der Waals surface area contributed by atoms with Crippen LogP contribution in [0.5, 0.6) is 11.5 Å². The van der Waals surface area contributed by atoms with Gasteiger partial charge in [-0.15, -0.1) is 0 Å². The van der Waals surface area contributed by atoms with Gasteiger partial charge in [0.05, 0.1) is 33.3 Å². The lowest BCUT2D eigenvalue weighted by Crippen LogP contribution is -2.46. The summed E-state index contributed by atoms with van der Waals surface area (Å²) in [4.78, 5) is 39.2. The number of nitrogens with zero attached hydrogens (tertiary/aromatic N) is 6. The minimum atomic E-state index is -0.315. The first kappa shape index (κ1) is 31.4. The number of carbonyl (C=O) groups excluding carboxylic acids is 2. The molecule has 0 spiro atoms. The SMILES string of the molecule is COc1cccnc1/C=N/NC(=O)c1ccc2c3c(ccc2c1)N1Cc2c(ccc4cc(C(=O)N/N=C/c5ncccc5OC)ccc24)N(C3)C1. The number of hydrogen-bond donors (Lipinski definition) is 2. The summed E-state index contributed by atoms with van der Waals surface area (Å²) in [5.41, 5.74) is 12.0. The third kappa shape index (κ3) is 5.92. The summed E-state index contributed by atoms with van der Waals surface area (Å²) < 4.78 is 10.6. The lowest BCUT2D eigenvalue weighted by molar-refractivity contribution is 0.0947. The largest absolute Gasteiger partial charge is 0.494 e. The molecule has 4 heterocycles. The molecule has 6 aromatic rings. The van der Waals surface area contributed by atoms with Crippen molar-refractivity contribution in [1.29, 1.82) is 0 Å². The standard InChI is InChI=1S/C39H32N8O4/c1-50-36-5-3-15-40-32(36)19-42-44-38(48)26-7-11-28-24(17-26)9-13-34-30(28)21-46-23-47(34)22-31-29-12-8-27(18-25(29)10-14-35(31)46)39(49)45-43-20-33-37(51-2)6-4-16-41-33/h3-20H,21-23H2,1-2H3,(H,44,48)(H,45,49)/b42-19+,43-20+. The zero-order valence-corrected chi connectivity index (χ0v) is 27.8. The van der Waals surface area contributed by atoms with Gasteiger partial charge in [-0.05, 0) is 82.2 Å². The Morgan fingerprint density at radius 1 is 0.667 bits per heavy atom. The highest BCUT2D eigenvalue weighted by molar-refractivity contribution is 6.03. The molecular weight excluding hydrogens is 644 g/mol. The molecule has 0 saturated carbocycles. The second-order valence-corrected chi connectivity index (χ2v) is 12.1. The molecule has 252 valence electrons. The number of hydrazone groups is 2. The van der Waals surface area contributed by atoms with Gasteiger partial charge in [-0.3, -0.25) is 19.6 Å². The Balaban J connectivity index is 1.000. The van der Waals surface area contributed by atoms with E-state index in [1.54, 1.807) is 50.9 Å². The average molecular weight is 677 g/mol. The second kappa shape index (κ2) is 13.2. The van der Waals surface area contributed by atoms with E-state index in [2.05, 4.69) is 65.1 Å². The van der Waals surface area contributed by atoms with E-state index >= 15 is 0 Å². The molecule has 2 aliphatic rings. The van der Waals surface area contributed by atoms with Gasteiger partial charge in [-0.1, -0.05) is 24.3 Å². The third-order valence-corrected chi connectivity index (χ3v) is 9.20. The number of pyridine rings is 2. The first-order valence-electron chi connectivity index (χ1n) is 16.3. The van der Waals surface area contributed by atoms with Crippen molar-refractivity contribution >= 4 is 57.2 Å².